The van der Waals surface area contributed by atoms with E-state index in [-0.39, 0.29) is 6.10 Å². The van der Waals surface area contributed by atoms with Gasteiger partial charge in [-0.3, -0.25) is 4.90 Å². The lowest BCUT2D eigenvalue weighted by atomic mass is 10.2. The van der Waals surface area contributed by atoms with Crippen LogP contribution in [0.15, 0.2) is 0 Å². The zero-order valence-electron chi connectivity index (χ0n) is 10.5. The monoisotopic (exact) mass is 252 g/mol. The Balaban J connectivity index is 2.23. The molecule has 0 aliphatic carbocycles. The molecule has 1 saturated heterocycles. The minimum absolute atomic E-state index is 0.0550. The van der Waals surface area contributed by atoms with Gasteiger partial charge >= 0.3 is 0 Å². The molecule has 0 radical (unpaired) electrons. The number of nitrogens with one attached hydrogen (secondary N) is 1. The molecule has 0 amide bonds. The molecule has 2 N–H and O–H groups in total. The largest absolute Gasteiger partial charge is 0.390 e. The normalized spacial score (nSPS) is 23.3. The van der Waals surface area contributed by atoms with E-state index in [4.69, 9.17) is 9.84 Å². The van der Waals surface area contributed by atoms with Crippen molar-refractivity contribution in [1.29, 1.82) is 0 Å². The first kappa shape index (κ1) is 14.8. The van der Waals surface area contributed by atoms with Crippen molar-refractivity contribution in [3.05, 3.63) is 0 Å². The van der Waals surface area contributed by atoms with E-state index in [2.05, 4.69) is 24.1 Å². The van der Waals surface area contributed by atoms with Crippen molar-refractivity contribution in [2.24, 2.45) is 0 Å². The van der Waals surface area contributed by atoms with E-state index >= 15 is 0 Å². The molecule has 102 valence electrons. The second-order valence-corrected chi connectivity index (χ2v) is 4.73. The third-order valence-electron chi connectivity index (χ3n) is 2.89. The number of aliphatic hydroxyl groups is 1. The summed E-state index contributed by atoms with van der Waals surface area (Å²) in [6.07, 6.45) is -0.0550. The van der Waals surface area contributed by atoms with Crippen molar-refractivity contribution in [2.75, 3.05) is 39.4 Å². The van der Waals surface area contributed by atoms with Gasteiger partial charge in [-0.1, -0.05) is 0 Å². The van der Waals surface area contributed by atoms with Crippen LogP contribution in [0.5, 0.6) is 0 Å². The van der Waals surface area contributed by atoms with Crippen molar-refractivity contribution in [2.45, 2.75) is 31.9 Å². The summed E-state index contributed by atoms with van der Waals surface area (Å²) in [5.41, 5.74) is 0. The van der Waals surface area contributed by atoms with Crippen molar-refractivity contribution >= 4 is 0 Å². The number of nitrogens with zero attached hydrogens (tertiary/aromatic N) is 1. The molecule has 6 heteroatoms. The molecule has 4 nitrogen and oxygen atoms in total. The van der Waals surface area contributed by atoms with Crippen molar-refractivity contribution < 1.29 is 18.6 Å². The average molecular weight is 252 g/mol. The third kappa shape index (κ3) is 5.25. The molecule has 1 heterocycles. The molecule has 1 fully saturated rings. The first-order chi connectivity index (χ1) is 7.94. The van der Waals surface area contributed by atoms with Crippen LogP contribution in [-0.2, 0) is 4.74 Å². The van der Waals surface area contributed by atoms with Gasteiger partial charge in [0.05, 0.1) is 19.3 Å². The van der Waals surface area contributed by atoms with Gasteiger partial charge < -0.3 is 15.2 Å². The predicted molar refractivity (Wildman–Crippen MR) is 61.4 cm³/mol. The highest BCUT2D eigenvalue weighted by molar-refractivity contribution is 4.77. The molecule has 1 atom stereocenters. The van der Waals surface area contributed by atoms with E-state index in [9.17, 15) is 8.78 Å². The van der Waals surface area contributed by atoms with Gasteiger partial charge in [0, 0.05) is 25.7 Å². The lowest BCUT2D eigenvalue weighted by Gasteiger charge is -2.35. The Hall–Kier alpha value is -0.300. The van der Waals surface area contributed by atoms with Crippen LogP contribution < -0.4 is 5.32 Å². The maximum absolute atomic E-state index is 12.7. The van der Waals surface area contributed by atoms with E-state index < -0.39 is 19.1 Å². The number of alkyl halides is 2. The van der Waals surface area contributed by atoms with Gasteiger partial charge in [-0.2, -0.15) is 0 Å². The fourth-order valence-electron chi connectivity index (χ4n) is 1.81. The molecule has 0 bridgehead atoms. The maximum atomic E-state index is 12.7. The first-order valence-electron chi connectivity index (χ1n) is 5.99. The smallest absolute Gasteiger partial charge is 0.282 e. The molecule has 0 aromatic carbocycles. The van der Waals surface area contributed by atoms with Gasteiger partial charge in [0.1, 0.15) is 6.61 Å². The number of rotatable bonds is 6. The molecular weight excluding hydrogens is 230 g/mol. The van der Waals surface area contributed by atoms with Crippen molar-refractivity contribution in [1.82, 2.24) is 10.2 Å². The van der Waals surface area contributed by atoms with Gasteiger partial charge in [0.2, 0.25) is 0 Å². The van der Waals surface area contributed by atoms with E-state index in [0.29, 0.717) is 19.2 Å². The second kappa shape index (κ2) is 6.58. The van der Waals surface area contributed by atoms with Crippen LogP contribution in [0.2, 0.25) is 0 Å². The first-order valence-corrected chi connectivity index (χ1v) is 5.99. The number of aliphatic hydroxyl groups excluding tert-OH is 1. The van der Waals surface area contributed by atoms with Crippen LogP contribution in [0.25, 0.3) is 0 Å². The SMILES string of the molecule is CC(C)N1CCOC(CNCC(F)(F)CO)C1. The molecule has 0 saturated carbocycles. The number of halogens is 2. The summed E-state index contributed by atoms with van der Waals surface area (Å²) < 4.78 is 31.0. The quantitative estimate of drug-likeness (QED) is 0.714. The summed E-state index contributed by atoms with van der Waals surface area (Å²) in [4.78, 5) is 2.26. The molecular formula is C11H22F2N2O2. The Labute approximate surface area is 101 Å². The fourth-order valence-corrected chi connectivity index (χ4v) is 1.81. The lowest BCUT2D eigenvalue weighted by Crippen LogP contribution is -2.50. The summed E-state index contributed by atoms with van der Waals surface area (Å²) in [5.74, 6) is -3.05. The summed E-state index contributed by atoms with van der Waals surface area (Å²) in [6, 6.07) is 0.445. The molecule has 0 aromatic heterocycles. The highest BCUT2D eigenvalue weighted by Crippen LogP contribution is 2.11. The Morgan fingerprint density at radius 2 is 2.24 bits per heavy atom. The molecule has 1 rings (SSSR count). The summed E-state index contributed by atoms with van der Waals surface area (Å²) in [6.45, 7) is 5.26. The van der Waals surface area contributed by atoms with Gasteiger partial charge in [-0.05, 0) is 13.8 Å². The van der Waals surface area contributed by atoms with E-state index in [0.717, 1.165) is 13.1 Å². The van der Waals surface area contributed by atoms with E-state index in [1.54, 1.807) is 0 Å². The van der Waals surface area contributed by atoms with Crippen LogP contribution in [0.3, 0.4) is 0 Å². The van der Waals surface area contributed by atoms with Gasteiger partial charge in [-0.15, -0.1) is 0 Å². The Morgan fingerprint density at radius 3 is 2.82 bits per heavy atom. The molecule has 1 aliphatic rings. The summed E-state index contributed by atoms with van der Waals surface area (Å²) in [5, 5.41) is 11.1. The number of ether oxygens (including phenoxy) is 1. The van der Waals surface area contributed by atoms with Crippen molar-refractivity contribution in [3.63, 3.8) is 0 Å². The Kier molecular flexibility index (Phi) is 5.72. The lowest BCUT2D eigenvalue weighted by molar-refractivity contribution is -0.0592. The highest BCUT2D eigenvalue weighted by Gasteiger charge is 2.28. The Morgan fingerprint density at radius 1 is 1.53 bits per heavy atom. The minimum atomic E-state index is -3.05. The number of hydrogen-bond donors (Lipinski definition) is 2. The van der Waals surface area contributed by atoms with Crippen LogP contribution >= 0.6 is 0 Å². The third-order valence-corrected chi connectivity index (χ3v) is 2.89. The zero-order chi connectivity index (χ0) is 12.9. The topological polar surface area (TPSA) is 44.7 Å². The predicted octanol–water partition coefficient (Wildman–Crippen LogP) is 0.313. The van der Waals surface area contributed by atoms with Gasteiger partial charge in [0.25, 0.3) is 5.92 Å². The molecule has 1 unspecified atom stereocenters. The zero-order valence-corrected chi connectivity index (χ0v) is 10.5. The fraction of sp³-hybridized carbons (Fsp3) is 1.00. The molecule has 1 aliphatic heterocycles. The maximum Gasteiger partial charge on any atom is 0.282 e. The standard InChI is InChI=1S/C11H22F2N2O2/c1-9(2)15-3-4-17-10(6-15)5-14-7-11(12,13)8-16/h9-10,14,16H,3-8H2,1-2H3. The van der Waals surface area contributed by atoms with Gasteiger partial charge in [0.15, 0.2) is 0 Å². The van der Waals surface area contributed by atoms with Gasteiger partial charge in [-0.25, -0.2) is 8.78 Å². The minimum Gasteiger partial charge on any atom is -0.390 e. The second-order valence-electron chi connectivity index (χ2n) is 4.73. The van der Waals surface area contributed by atoms with Crippen LogP contribution in [0.1, 0.15) is 13.8 Å². The average Bonchev–Trinajstić information content (AvgIpc) is 2.29. The highest BCUT2D eigenvalue weighted by atomic mass is 19.3. The molecule has 0 aromatic rings. The summed E-state index contributed by atoms with van der Waals surface area (Å²) in [7, 11) is 0. The number of hydrogen-bond acceptors (Lipinski definition) is 4. The van der Waals surface area contributed by atoms with E-state index in [1.807, 2.05) is 0 Å². The Bertz CT molecular complexity index is 228. The summed E-state index contributed by atoms with van der Waals surface area (Å²) >= 11 is 0. The van der Waals surface area contributed by atoms with Crippen LogP contribution in [-0.4, -0.2) is 67.5 Å². The molecule has 0 spiro atoms. The number of morpholine rings is 1. The van der Waals surface area contributed by atoms with E-state index in [1.165, 1.54) is 0 Å². The van der Waals surface area contributed by atoms with Crippen molar-refractivity contribution in [3.8, 4) is 0 Å². The van der Waals surface area contributed by atoms with Crippen LogP contribution in [0.4, 0.5) is 8.78 Å². The van der Waals surface area contributed by atoms with Crippen LogP contribution in [0, 0.1) is 0 Å². The molecule has 17 heavy (non-hydrogen) atoms.